The maximum atomic E-state index is 13.5. The molecule has 7 nitrogen and oxygen atoms in total. The van der Waals surface area contributed by atoms with Gasteiger partial charge in [-0.05, 0) is 78.0 Å². The molecule has 1 aromatic rings. The van der Waals surface area contributed by atoms with Crippen molar-refractivity contribution in [3.05, 3.63) is 34.9 Å². The van der Waals surface area contributed by atoms with Crippen LogP contribution in [0.3, 0.4) is 0 Å². The molecule has 0 aromatic heterocycles. The summed E-state index contributed by atoms with van der Waals surface area (Å²) in [5.41, 5.74) is 2.26. The average Bonchev–Trinajstić information content (AvgIpc) is 2.70. The zero-order valence-electron chi connectivity index (χ0n) is 21.9. The number of nitrogens with zero attached hydrogens (tertiary/aromatic N) is 1. The smallest absolute Gasteiger partial charge is 0.408 e. The van der Waals surface area contributed by atoms with E-state index in [9.17, 15) is 14.4 Å². The number of nitrogens with one attached hydrogen (secondary N) is 2. The van der Waals surface area contributed by atoms with Gasteiger partial charge in [-0.1, -0.05) is 38.5 Å². The van der Waals surface area contributed by atoms with E-state index in [4.69, 9.17) is 4.74 Å². The Kier molecular flexibility index (Phi) is 10.9. The molecular weight excluding hydrogens is 418 g/mol. The number of carbonyl (C=O) groups excluding carboxylic acids is 3. The predicted molar refractivity (Wildman–Crippen MR) is 132 cm³/mol. The van der Waals surface area contributed by atoms with Crippen LogP contribution in [0.15, 0.2) is 18.2 Å². The van der Waals surface area contributed by atoms with Gasteiger partial charge in [-0.3, -0.25) is 9.59 Å². The Labute approximate surface area is 199 Å². The largest absolute Gasteiger partial charge is 0.444 e. The van der Waals surface area contributed by atoms with Crippen molar-refractivity contribution in [1.29, 1.82) is 0 Å². The highest BCUT2D eigenvalue weighted by Gasteiger charge is 2.35. The van der Waals surface area contributed by atoms with E-state index in [1.807, 2.05) is 52.8 Å². The molecule has 1 rings (SSSR count). The molecule has 0 saturated carbocycles. The monoisotopic (exact) mass is 461 g/mol. The van der Waals surface area contributed by atoms with Crippen molar-refractivity contribution in [1.82, 2.24) is 15.5 Å². The molecule has 0 aliphatic carbocycles. The summed E-state index contributed by atoms with van der Waals surface area (Å²) in [6.07, 6.45) is 1.80. The summed E-state index contributed by atoms with van der Waals surface area (Å²) in [7, 11) is 0. The van der Waals surface area contributed by atoms with E-state index in [-0.39, 0.29) is 30.4 Å². The number of amides is 3. The van der Waals surface area contributed by atoms with E-state index < -0.39 is 17.7 Å². The van der Waals surface area contributed by atoms with Crippen molar-refractivity contribution in [2.24, 2.45) is 0 Å². The van der Waals surface area contributed by atoms with Gasteiger partial charge in [0.1, 0.15) is 18.2 Å². The van der Waals surface area contributed by atoms with Gasteiger partial charge in [-0.2, -0.15) is 0 Å². The molecule has 0 bridgehead atoms. The molecule has 3 unspecified atom stereocenters. The van der Waals surface area contributed by atoms with Crippen LogP contribution in [-0.4, -0.2) is 47.0 Å². The lowest BCUT2D eigenvalue weighted by molar-refractivity contribution is -0.143. The first-order valence-electron chi connectivity index (χ1n) is 12.0. The zero-order chi connectivity index (χ0) is 25.3. The van der Waals surface area contributed by atoms with E-state index in [2.05, 4.69) is 17.6 Å². The Bertz CT molecular complexity index is 816. The van der Waals surface area contributed by atoms with Crippen LogP contribution in [0.5, 0.6) is 0 Å². The van der Waals surface area contributed by atoms with E-state index in [1.54, 1.807) is 25.7 Å². The quantitative estimate of drug-likeness (QED) is 0.524. The minimum Gasteiger partial charge on any atom is -0.444 e. The van der Waals surface area contributed by atoms with Crippen LogP contribution < -0.4 is 10.6 Å². The highest BCUT2D eigenvalue weighted by atomic mass is 16.6. The lowest BCUT2D eigenvalue weighted by atomic mass is 9.97. The van der Waals surface area contributed by atoms with Gasteiger partial charge < -0.3 is 20.3 Å². The lowest BCUT2D eigenvalue weighted by Gasteiger charge is -2.36. The molecule has 0 spiro atoms. The van der Waals surface area contributed by atoms with Crippen LogP contribution in [0.4, 0.5) is 4.79 Å². The van der Waals surface area contributed by atoms with Crippen LogP contribution in [0, 0.1) is 13.8 Å². The third-order valence-electron chi connectivity index (χ3n) is 5.62. The van der Waals surface area contributed by atoms with Gasteiger partial charge in [0.15, 0.2) is 0 Å². The first kappa shape index (κ1) is 28.5. The first-order chi connectivity index (χ1) is 15.3. The third kappa shape index (κ3) is 9.06. The molecule has 33 heavy (non-hydrogen) atoms. The lowest BCUT2D eigenvalue weighted by Crippen LogP contribution is -2.52. The van der Waals surface area contributed by atoms with Crippen molar-refractivity contribution in [3.63, 3.8) is 0 Å². The Morgan fingerprint density at radius 1 is 1.06 bits per heavy atom. The maximum Gasteiger partial charge on any atom is 0.408 e. The minimum atomic E-state index is -0.800. The molecule has 2 N–H and O–H groups in total. The zero-order valence-corrected chi connectivity index (χ0v) is 21.9. The highest BCUT2D eigenvalue weighted by Crippen LogP contribution is 2.27. The van der Waals surface area contributed by atoms with Crippen molar-refractivity contribution in [2.45, 2.75) is 105 Å². The van der Waals surface area contributed by atoms with Gasteiger partial charge in [0.25, 0.3) is 0 Å². The second kappa shape index (κ2) is 12.6. The SMILES string of the molecule is CCCC(C)NC(=O)C(c1ccc(C)c(C)c1)N(C(=O)CNC(=O)OC(C)(C)C)C(C)CC. The van der Waals surface area contributed by atoms with Crippen LogP contribution in [0.1, 0.15) is 90.5 Å². The fourth-order valence-corrected chi connectivity index (χ4v) is 3.59. The standard InChI is InChI=1S/C26H43N3O4/c1-10-12-19(5)28-24(31)23(21-14-13-17(3)18(4)15-21)29(20(6)11-2)22(30)16-27-25(32)33-26(7,8)9/h13-15,19-20,23H,10-12,16H2,1-9H3,(H,27,32)(H,28,31). The number of aryl methyl sites for hydroxylation is 2. The van der Waals surface area contributed by atoms with Gasteiger partial charge in [0.2, 0.25) is 11.8 Å². The fraction of sp³-hybridized carbons (Fsp3) is 0.654. The Morgan fingerprint density at radius 2 is 1.70 bits per heavy atom. The molecule has 186 valence electrons. The molecule has 0 saturated heterocycles. The third-order valence-corrected chi connectivity index (χ3v) is 5.62. The summed E-state index contributed by atoms with van der Waals surface area (Å²) in [6, 6.07) is 4.82. The van der Waals surface area contributed by atoms with E-state index >= 15 is 0 Å². The molecular formula is C26H43N3O4. The molecule has 3 atom stereocenters. The van der Waals surface area contributed by atoms with Crippen molar-refractivity contribution in [2.75, 3.05) is 6.54 Å². The summed E-state index contributed by atoms with van der Waals surface area (Å²) in [6.45, 7) is 17.0. The Morgan fingerprint density at radius 3 is 2.21 bits per heavy atom. The number of alkyl carbamates (subject to hydrolysis) is 1. The van der Waals surface area contributed by atoms with Gasteiger partial charge in [-0.15, -0.1) is 0 Å². The van der Waals surface area contributed by atoms with Gasteiger partial charge in [0.05, 0.1) is 0 Å². The Balaban J connectivity index is 3.30. The molecule has 3 amide bonds. The Hall–Kier alpha value is -2.57. The second-order valence-electron chi connectivity index (χ2n) is 9.86. The van der Waals surface area contributed by atoms with Crippen LogP contribution in [0.25, 0.3) is 0 Å². The summed E-state index contributed by atoms with van der Waals surface area (Å²) >= 11 is 0. The summed E-state index contributed by atoms with van der Waals surface area (Å²) in [4.78, 5) is 40.6. The molecule has 0 aliphatic heterocycles. The highest BCUT2D eigenvalue weighted by molar-refractivity contribution is 5.90. The fourth-order valence-electron chi connectivity index (χ4n) is 3.59. The molecule has 0 radical (unpaired) electrons. The van der Waals surface area contributed by atoms with Crippen LogP contribution in [0.2, 0.25) is 0 Å². The number of ether oxygens (including phenoxy) is 1. The van der Waals surface area contributed by atoms with Gasteiger partial charge >= 0.3 is 6.09 Å². The second-order valence-corrected chi connectivity index (χ2v) is 9.86. The van der Waals surface area contributed by atoms with Gasteiger partial charge in [0, 0.05) is 12.1 Å². The van der Waals surface area contributed by atoms with Gasteiger partial charge in [-0.25, -0.2) is 4.79 Å². The maximum absolute atomic E-state index is 13.5. The molecule has 0 fully saturated rings. The minimum absolute atomic E-state index is 0.00896. The van der Waals surface area contributed by atoms with E-state index in [1.165, 1.54) is 0 Å². The molecule has 0 heterocycles. The number of hydrogen-bond acceptors (Lipinski definition) is 4. The summed E-state index contributed by atoms with van der Waals surface area (Å²) < 4.78 is 5.26. The van der Waals surface area contributed by atoms with Crippen molar-refractivity contribution in [3.8, 4) is 0 Å². The van der Waals surface area contributed by atoms with Crippen LogP contribution >= 0.6 is 0 Å². The topological polar surface area (TPSA) is 87.7 Å². The molecule has 1 aromatic carbocycles. The van der Waals surface area contributed by atoms with Crippen molar-refractivity contribution >= 4 is 17.9 Å². The number of benzene rings is 1. The number of rotatable bonds is 10. The number of carbonyl (C=O) groups is 3. The van der Waals surface area contributed by atoms with Crippen LogP contribution in [-0.2, 0) is 14.3 Å². The predicted octanol–water partition coefficient (Wildman–Crippen LogP) is 4.80. The molecule has 0 aliphatic rings. The summed E-state index contributed by atoms with van der Waals surface area (Å²) in [5, 5.41) is 5.62. The van der Waals surface area contributed by atoms with E-state index in [0.717, 1.165) is 29.5 Å². The molecule has 7 heteroatoms. The summed E-state index contributed by atoms with van der Waals surface area (Å²) in [5.74, 6) is -0.554. The number of hydrogen-bond donors (Lipinski definition) is 2. The van der Waals surface area contributed by atoms with Crippen molar-refractivity contribution < 1.29 is 19.1 Å². The normalized spacial score (nSPS) is 14.1. The van der Waals surface area contributed by atoms with E-state index in [0.29, 0.717) is 6.42 Å². The average molecular weight is 462 g/mol. The first-order valence-corrected chi connectivity index (χ1v) is 12.0.